The zero-order chi connectivity index (χ0) is 20.4. The van der Waals surface area contributed by atoms with E-state index in [4.69, 9.17) is 9.52 Å². The van der Waals surface area contributed by atoms with Gasteiger partial charge < -0.3 is 14.8 Å². The molecule has 29 heavy (non-hydrogen) atoms. The van der Waals surface area contributed by atoms with E-state index in [9.17, 15) is 13.2 Å². The standard InChI is InChI=1S/C20H17N3O5S/c24-9-10-29(26,27)15-7-5-14(6-8-15)22-20(25)16-12-21-23-19(16)18-11-13-3-1-2-4-17(13)28-18/h1-8,11-12,24H,9-10H2,(H,21,23)(H,22,25). The van der Waals surface area contributed by atoms with Gasteiger partial charge in [-0.25, -0.2) is 8.42 Å². The summed E-state index contributed by atoms with van der Waals surface area (Å²) >= 11 is 0. The molecular weight excluding hydrogens is 394 g/mol. The average Bonchev–Trinajstić information content (AvgIpc) is 3.35. The van der Waals surface area contributed by atoms with Crippen LogP contribution in [-0.2, 0) is 9.84 Å². The first-order valence-corrected chi connectivity index (χ1v) is 10.4. The van der Waals surface area contributed by atoms with Crippen molar-refractivity contribution < 1.29 is 22.7 Å². The van der Waals surface area contributed by atoms with Crippen LogP contribution in [-0.4, -0.2) is 42.0 Å². The maximum absolute atomic E-state index is 12.7. The van der Waals surface area contributed by atoms with Gasteiger partial charge in [-0.15, -0.1) is 0 Å². The molecule has 4 rings (SSSR count). The van der Waals surface area contributed by atoms with Gasteiger partial charge in [0.2, 0.25) is 0 Å². The van der Waals surface area contributed by atoms with Crippen molar-refractivity contribution in [1.82, 2.24) is 10.2 Å². The molecular formula is C20H17N3O5S. The van der Waals surface area contributed by atoms with Gasteiger partial charge in [-0.3, -0.25) is 9.89 Å². The number of hydrogen-bond donors (Lipinski definition) is 3. The molecule has 9 heteroatoms. The van der Waals surface area contributed by atoms with Gasteiger partial charge in [0.1, 0.15) is 11.3 Å². The molecule has 0 saturated carbocycles. The largest absolute Gasteiger partial charge is 0.454 e. The molecule has 0 unspecified atom stereocenters. The van der Waals surface area contributed by atoms with Gasteiger partial charge in [-0.1, -0.05) is 18.2 Å². The van der Waals surface area contributed by atoms with Crippen molar-refractivity contribution in [2.45, 2.75) is 4.90 Å². The number of carbonyl (C=O) groups is 1. The van der Waals surface area contributed by atoms with Gasteiger partial charge in [0.05, 0.1) is 29.0 Å². The third-order valence-corrected chi connectivity index (χ3v) is 6.10. The monoisotopic (exact) mass is 411 g/mol. The zero-order valence-corrected chi connectivity index (χ0v) is 15.9. The highest BCUT2D eigenvalue weighted by Gasteiger charge is 2.19. The summed E-state index contributed by atoms with van der Waals surface area (Å²) in [7, 11) is -3.54. The molecule has 0 aliphatic heterocycles. The Bertz CT molecular complexity index is 1240. The number of nitrogens with zero attached hydrogens (tertiary/aromatic N) is 1. The number of anilines is 1. The second kappa shape index (κ2) is 7.53. The number of benzene rings is 2. The van der Waals surface area contributed by atoms with Crippen LogP contribution >= 0.6 is 0 Å². The lowest BCUT2D eigenvalue weighted by molar-refractivity contribution is 0.102. The van der Waals surface area contributed by atoms with Crippen molar-refractivity contribution in [2.24, 2.45) is 0 Å². The van der Waals surface area contributed by atoms with Gasteiger partial charge in [0.25, 0.3) is 5.91 Å². The minimum Gasteiger partial charge on any atom is -0.454 e. The van der Waals surface area contributed by atoms with Gasteiger partial charge >= 0.3 is 0 Å². The highest BCUT2D eigenvalue weighted by Crippen LogP contribution is 2.29. The van der Waals surface area contributed by atoms with E-state index in [1.807, 2.05) is 30.3 Å². The van der Waals surface area contributed by atoms with Gasteiger partial charge in [-0.05, 0) is 36.4 Å². The summed E-state index contributed by atoms with van der Waals surface area (Å²) in [4.78, 5) is 12.8. The number of nitrogens with one attached hydrogen (secondary N) is 2. The van der Waals surface area contributed by atoms with E-state index in [0.29, 0.717) is 28.3 Å². The number of H-pyrrole nitrogens is 1. The molecule has 2 aromatic heterocycles. The number of aliphatic hydroxyl groups excluding tert-OH is 1. The number of para-hydroxylation sites is 1. The number of sulfone groups is 1. The lowest BCUT2D eigenvalue weighted by atomic mass is 10.1. The Balaban J connectivity index is 1.56. The summed E-state index contributed by atoms with van der Waals surface area (Å²) < 4.78 is 29.7. The quantitative estimate of drug-likeness (QED) is 0.448. The average molecular weight is 411 g/mol. The van der Waals surface area contributed by atoms with Crippen LogP contribution in [0.4, 0.5) is 5.69 Å². The zero-order valence-electron chi connectivity index (χ0n) is 15.1. The molecule has 0 fully saturated rings. The van der Waals surface area contributed by atoms with Crippen LogP contribution in [0.2, 0.25) is 0 Å². The number of amides is 1. The first-order valence-electron chi connectivity index (χ1n) is 8.75. The molecule has 0 aliphatic rings. The first-order chi connectivity index (χ1) is 14.0. The fourth-order valence-corrected chi connectivity index (χ4v) is 3.96. The van der Waals surface area contributed by atoms with Crippen LogP contribution in [0.3, 0.4) is 0 Å². The number of aromatic amines is 1. The van der Waals surface area contributed by atoms with Gasteiger partial charge in [-0.2, -0.15) is 5.10 Å². The molecule has 0 atom stereocenters. The van der Waals surface area contributed by atoms with E-state index in [2.05, 4.69) is 15.5 Å². The van der Waals surface area contributed by atoms with Crippen molar-refractivity contribution in [1.29, 1.82) is 0 Å². The maximum atomic E-state index is 12.7. The number of hydrogen-bond acceptors (Lipinski definition) is 6. The molecule has 1 amide bonds. The number of furan rings is 1. The molecule has 0 aliphatic carbocycles. The van der Waals surface area contributed by atoms with E-state index < -0.39 is 22.4 Å². The van der Waals surface area contributed by atoms with Crippen molar-refractivity contribution >= 4 is 32.4 Å². The van der Waals surface area contributed by atoms with E-state index in [-0.39, 0.29) is 10.6 Å². The van der Waals surface area contributed by atoms with Gasteiger partial charge in [0, 0.05) is 11.1 Å². The summed E-state index contributed by atoms with van der Waals surface area (Å²) in [6, 6.07) is 15.1. The smallest absolute Gasteiger partial charge is 0.259 e. The Morgan fingerprint density at radius 2 is 1.90 bits per heavy atom. The predicted molar refractivity (Wildman–Crippen MR) is 107 cm³/mol. The SMILES string of the molecule is O=C(Nc1ccc(S(=O)(=O)CCO)cc1)c1cn[nH]c1-c1cc2ccccc2o1. The molecule has 0 bridgehead atoms. The number of carbonyl (C=O) groups excluding carboxylic acids is 1. The normalized spacial score (nSPS) is 11.6. The van der Waals surface area contributed by atoms with Crippen molar-refractivity contribution in [3.63, 3.8) is 0 Å². The molecule has 0 saturated heterocycles. The fraction of sp³-hybridized carbons (Fsp3) is 0.100. The summed E-state index contributed by atoms with van der Waals surface area (Å²) in [6.45, 7) is -0.453. The fourth-order valence-electron chi connectivity index (χ4n) is 2.93. The summed E-state index contributed by atoms with van der Waals surface area (Å²) in [6.07, 6.45) is 1.40. The molecule has 0 spiro atoms. The van der Waals surface area contributed by atoms with Crippen LogP contribution < -0.4 is 5.32 Å². The number of fused-ring (bicyclic) bond motifs is 1. The Hall–Kier alpha value is -3.43. The van der Waals surface area contributed by atoms with Crippen LogP contribution in [0.5, 0.6) is 0 Å². The van der Waals surface area contributed by atoms with Crippen LogP contribution in [0.25, 0.3) is 22.4 Å². The predicted octanol–water partition coefficient (Wildman–Crippen LogP) is 2.84. The third-order valence-electron chi connectivity index (χ3n) is 4.39. The van der Waals surface area contributed by atoms with E-state index >= 15 is 0 Å². The van der Waals surface area contributed by atoms with Crippen molar-refractivity contribution in [3.8, 4) is 11.5 Å². The summed E-state index contributed by atoms with van der Waals surface area (Å²) in [5.41, 5.74) is 1.86. The maximum Gasteiger partial charge on any atom is 0.259 e. The highest BCUT2D eigenvalue weighted by molar-refractivity contribution is 7.91. The van der Waals surface area contributed by atoms with E-state index in [1.54, 1.807) is 0 Å². The molecule has 3 N–H and O–H groups in total. The first kappa shape index (κ1) is 18.9. The van der Waals surface area contributed by atoms with Crippen LogP contribution in [0.1, 0.15) is 10.4 Å². The van der Waals surface area contributed by atoms with Crippen LogP contribution in [0, 0.1) is 0 Å². The number of rotatable bonds is 6. The lowest BCUT2D eigenvalue weighted by Crippen LogP contribution is -2.13. The van der Waals surface area contributed by atoms with Crippen LogP contribution in [0.15, 0.2) is 70.1 Å². The Morgan fingerprint density at radius 3 is 2.62 bits per heavy atom. The highest BCUT2D eigenvalue weighted by atomic mass is 32.2. The molecule has 148 valence electrons. The lowest BCUT2D eigenvalue weighted by Gasteiger charge is -2.07. The van der Waals surface area contributed by atoms with E-state index in [0.717, 1.165) is 5.39 Å². The van der Waals surface area contributed by atoms with E-state index in [1.165, 1.54) is 30.5 Å². The topological polar surface area (TPSA) is 125 Å². The molecule has 8 nitrogen and oxygen atoms in total. The van der Waals surface area contributed by atoms with Crippen molar-refractivity contribution in [3.05, 3.63) is 66.4 Å². The second-order valence-electron chi connectivity index (χ2n) is 6.33. The Kier molecular flexibility index (Phi) is 4.91. The number of aliphatic hydroxyl groups is 1. The molecule has 2 heterocycles. The summed E-state index contributed by atoms with van der Waals surface area (Å²) in [5.74, 6) is -0.284. The molecule has 4 aromatic rings. The van der Waals surface area contributed by atoms with Gasteiger partial charge in [0.15, 0.2) is 15.6 Å². The minimum absolute atomic E-state index is 0.0795. The van der Waals surface area contributed by atoms with Crippen molar-refractivity contribution in [2.75, 3.05) is 17.7 Å². The second-order valence-corrected chi connectivity index (χ2v) is 8.44. The minimum atomic E-state index is -3.54. The Morgan fingerprint density at radius 1 is 1.14 bits per heavy atom. The Labute approximate surface area is 166 Å². The summed E-state index contributed by atoms with van der Waals surface area (Å²) in [5, 5.41) is 19.2. The molecule has 2 aromatic carbocycles. The third kappa shape index (κ3) is 3.78. The number of aromatic nitrogens is 2. The molecule has 0 radical (unpaired) electrons.